The first-order chi connectivity index (χ1) is 6.25. The van der Waals surface area contributed by atoms with Gasteiger partial charge in [0, 0.05) is 11.4 Å². The highest BCUT2D eigenvalue weighted by molar-refractivity contribution is 6.17. The summed E-state index contributed by atoms with van der Waals surface area (Å²) in [6, 6.07) is 4.41. The zero-order valence-corrected chi connectivity index (χ0v) is 7.76. The molecule has 0 saturated carbocycles. The quantitative estimate of drug-likeness (QED) is 0.744. The van der Waals surface area contributed by atoms with E-state index in [1.165, 1.54) is 6.07 Å². The molecule has 0 aliphatic carbocycles. The van der Waals surface area contributed by atoms with Gasteiger partial charge in [0.1, 0.15) is 0 Å². The highest BCUT2D eigenvalue weighted by atomic mass is 35.5. The predicted octanol–water partition coefficient (Wildman–Crippen LogP) is 3.17. The largest absolute Gasteiger partial charge is 0.504 e. The second-order valence-corrected chi connectivity index (χ2v) is 2.94. The Kier molecular flexibility index (Phi) is 3.77. The lowest BCUT2D eigenvalue weighted by molar-refractivity contribution is 0.431. The molecule has 0 atom stereocenters. The van der Waals surface area contributed by atoms with Crippen LogP contribution in [-0.4, -0.2) is 11.0 Å². The summed E-state index contributed by atoms with van der Waals surface area (Å²) in [6.45, 7) is 0. The third-order valence-electron chi connectivity index (χ3n) is 1.59. The Morgan fingerprint density at radius 1 is 1.46 bits per heavy atom. The second kappa shape index (κ2) is 4.87. The Morgan fingerprint density at radius 3 is 2.92 bits per heavy atom. The Balaban J connectivity index is 2.83. The lowest BCUT2D eigenvalue weighted by Gasteiger charge is -1.98. The standard InChI is InChI=1S/C10H10ClFO/c11-7-2-1-4-8-5-3-6-9(12)10(8)13/h1,3-6,13H,2,7H2. The molecule has 0 unspecified atom stereocenters. The van der Waals surface area contributed by atoms with Crippen LogP contribution in [0.3, 0.4) is 0 Å². The van der Waals surface area contributed by atoms with Crippen molar-refractivity contribution in [2.45, 2.75) is 6.42 Å². The van der Waals surface area contributed by atoms with Crippen LogP contribution in [0.1, 0.15) is 12.0 Å². The van der Waals surface area contributed by atoms with Gasteiger partial charge < -0.3 is 5.11 Å². The number of halogens is 2. The van der Waals surface area contributed by atoms with Gasteiger partial charge in [-0.25, -0.2) is 4.39 Å². The summed E-state index contributed by atoms with van der Waals surface area (Å²) in [5.41, 5.74) is 0.477. The average molecular weight is 201 g/mol. The van der Waals surface area contributed by atoms with E-state index in [0.29, 0.717) is 17.9 Å². The number of aromatic hydroxyl groups is 1. The summed E-state index contributed by atoms with van der Waals surface area (Å²) in [5, 5.41) is 9.24. The van der Waals surface area contributed by atoms with Crippen LogP contribution in [0.15, 0.2) is 24.3 Å². The molecule has 1 rings (SSSR count). The number of benzene rings is 1. The highest BCUT2D eigenvalue weighted by Crippen LogP contribution is 2.21. The molecule has 1 N–H and O–H groups in total. The highest BCUT2D eigenvalue weighted by Gasteiger charge is 2.01. The molecule has 3 heteroatoms. The molecular weight excluding hydrogens is 191 g/mol. The molecule has 0 aliphatic rings. The van der Waals surface area contributed by atoms with E-state index in [1.807, 2.05) is 0 Å². The topological polar surface area (TPSA) is 20.2 Å². The maximum atomic E-state index is 12.8. The third kappa shape index (κ3) is 2.74. The van der Waals surface area contributed by atoms with Crippen LogP contribution >= 0.6 is 11.6 Å². The van der Waals surface area contributed by atoms with Crippen molar-refractivity contribution in [2.75, 3.05) is 5.88 Å². The van der Waals surface area contributed by atoms with E-state index in [4.69, 9.17) is 11.6 Å². The number of hydrogen-bond acceptors (Lipinski definition) is 1. The second-order valence-electron chi connectivity index (χ2n) is 2.56. The monoisotopic (exact) mass is 200 g/mol. The fraction of sp³-hybridized carbons (Fsp3) is 0.200. The molecule has 0 saturated heterocycles. The van der Waals surface area contributed by atoms with E-state index in [1.54, 1.807) is 24.3 Å². The number of alkyl halides is 1. The molecule has 1 aromatic rings. The first-order valence-electron chi connectivity index (χ1n) is 3.95. The summed E-state index contributed by atoms with van der Waals surface area (Å²) in [5.74, 6) is -0.395. The summed E-state index contributed by atoms with van der Waals surface area (Å²) in [7, 11) is 0. The zero-order valence-electron chi connectivity index (χ0n) is 7.00. The first kappa shape index (κ1) is 10.1. The number of phenols is 1. The van der Waals surface area contributed by atoms with Crippen molar-refractivity contribution < 1.29 is 9.50 Å². The zero-order chi connectivity index (χ0) is 9.68. The van der Waals surface area contributed by atoms with Gasteiger partial charge in [-0.15, -0.1) is 11.6 Å². The minimum atomic E-state index is -0.604. The maximum absolute atomic E-state index is 12.8. The fourth-order valence-electron chi connectivity index (χ4n) is 0.940. The third-order valence-corrected chi connectivity index (χ3v) is 1.81. The fourth-order valence-corrected chi connectivity index (χ4v) is 1.07. The Bertz CT molecular complexity index is 310. The van der Waals surface area contributed by atoms with E-state index >= 15 is 0 Å². The number of allylic oxidation sites excluding steroid dienone is 1. The van der Waals surface area contributed by atoms with Crippen LogP contribution in [0, 0.1) is 5.82 Å². The van der Waals surface area contributed by atoms with Crippen LogP contribution in [0.4, 0.5) is 4.39 Å². The Morgan fingerprint density at radius 2 is 2.23 bits per heavy atom. The van der Waals surface area contributed by atoms with Crippen molar-refractivity contribution in [2.24, 2.45) is 0 Å². The van der Waals surface area contributed by atoms with E-state index < -0.39 is 5.82 Å². The molecule has 13 heavy (non-hydrogen) atoms. The molecular formula is C10H10ClFO. The van der Waals surface area contributed by atoms with Crippen molar-refractivity contribution in [3.8, 4) is 5.75 Å². The number of para-hydroxylation sites is 1. The molecule has 0 fully saturated rings. The van der Waals surface area contributed by atoms with Gasteiger partial charge in [0.15, 0.2) is 11.6 Å². The van der Waals surface area contributed by atoms with Crippen LogP contribution in [0.5, 0.6) is 5.75 Å². The summed E-state index contributed by atoms with van der Waals surface area (Å²) < 4.78 is 12.8. The molecule has 0 aliphatic heterocycles. The van der Waals surface area contributed by atoms with Crippen molar-refractivity contribution in [1.82, 2.24) is 0 Å². The number of rotatable bonds is 3. The minimum absolute atomic E-state index is 0.312. The molecule has 0 radical (unpaired) electrons. The van der Waals surface area contributed by atoms with E-state index in [-0.39, 0.29) is 5.75 Å². The summed E-state index contributed by atoms with van der Waals surface area (Å²) >= 11 is 5.45. The van der Waals surface area contributed by atoms with E-state index in [0.717, 1.165) is 0 Å². The summed E-state index contributed by atoms with van der Waals surface area (Å²) in [4.78, 5) is 0. The van der Waals surface area contributed by atoms with Crippen molar-refractivity contribution in [3.05, 3.63) is 35.7 Å². The SMILES string of the molecule is Oc1c(F)cccc1C=CCCCl. The lowest BCUT2D eigenvalue weighted by atomic mass is 10.1. The molecule has 1 aromatic carbocycles. The van der Waals surface area contributed by atoms with Gasteiger partial charge in [0.2, 0.25) is 0 Å². The van der Waals surface area contributed by atoms with Crippen molar-refractivity contribution in [3.63, 3.8) is 0 Å². The molecule has 0 amide bonds. The first-order valence-corrected chi connectivity index (χ1v) is 4.49. The van der Waals surface area contributed by atoms with Gasteiger partial charge in [-0.1, -0.05) is 24.3 Å². The van der Waals surface area contributed by atoms with Gasteiger partial charge in [0.25, 0.3) is 0 Å². The van der Waals surface area contributed by atoms with Crippen molar-refractivity contribution in [1.29, 1.82) is 0 Å². The van der Waals surface area contributed by atoms with Crippen LogP contribution in [0.2, 0.25) is 0 Å². The van der Waals surface area contributed by atoms with Crippen LogP contribution in [-0.2, 0) is 0 Å². The molecule has 70 valence electrons. The average Bonchev–Trinajstić information content (AvgIpc) is 2.13. The molecule has 0 bridgehead atoms. The number of phenolic OH excluding ortho intramolecular Hbond substituents is 1. The van der Waals surface area contributed by atoms with Crippen molar-refractivity contribution >= 4 is 17.7 Å². The molecule has 0 spiro atoms. The normalized spacial score (nSPS) is 10.9. The van der Waals surface area contributed by atoms with Gasteiger partial charge in [-0.2, -0.15) is 0 Å². The molecule has 0 aromatic heterocycles. The van der Waals surface area contributed by atoms with Gasteiger partial charge >= 0.3 is 0 Å². The minimum Gasteiger partial charge on any atom is -0.504 e. The number of hydrogen-bond donors (Lipinski definition) is 1. The molecule has 0 heterocycles. The maximum Gasteiger partial charge on any atom is 0.165 e. The van der Waals surface area contributed by atoms with Gasteiger partial charge in [0.05, 0.1) is 0 Å². The Hall–Kier alpha value is -1.02. The smallest absolute Gasteiger partial charge is 0.165 e. The van der Waals surface area contributed by atoms with E-state index in [9.17, 15) is 9.50 Å². The summed E-state index contributed by atoms with van der Waals surface area (Å²) in [6.07, 6.45) is 4.15. The molecule has 1 nitrogen and oxygen atoms in total. The predicted molar refractivity (Wildman–Crippen MR) is 52.4 cm³/mol. The van der Waals surface area contributed by atoms with Crippen LogP contribution in [0.25, 0.3) is 6.08 Å². The lowest BCUT2D eigenvalue weighted by Crippen LogP contribution is -1.79. The van der Waals surface area contributed by atoms with Gasteiger partial charge in [-0.05, 0) is 12.5 Å². The van der Waals surface area contributed by atoms with Crippen LogP contribution < -0.4 is 0 Å². The Labute approximate surface area is 81.5 Å². The van der Waals surface area contributed by atoms with E-state index in [2.05, 4.69) is 0 Å². The van der Waals surface area contributed by atoms with Gasteiger partial charge in [-0.3, -0.25) is 0 Å².